The normalized spacial score (nSPS) is 12.6. The van der Waals surface area contributed by atoms with Crippen LogP contribution in [0.5, 0.6) is 0 Å². The van der Waals surface area contributed by atoms with E-state index in [-0.39, 0.29) is 11.3 Å². The van der Waals surface area contributed by atoms with Crippen LogP contribution in [0.3, 0.4) is 0 Å². The van der Waals surface area contributed by atoms with Crippen molar-refractivity contribution in [3.63, 3.8) is 0 Å². The van der Waals surface area contributed by atoms with E-state index in [1.54, 1.807) is 0 Å². The van der Waals surface area contributed by atoms with Gasteiger partial charge in [0.1, 0.15) is 11.6 Å². The minimum atomic E-state index is -0.774. The van der Waals surface area contributed by atoms with Gasteiger partial charge >= 0.3 is 0 Å². The Kier molecular flexibility index (Phi) is 5.12. The molecule has 0 aromatic heterocycles. The molecule has 1 nitrogen and oxygen atoms in total. The molecule has 0 heterocycles. The summed E-state index contributed by atoms with van der Waals surface area (Å²) < 4.78 is 28.1. The molecule has 3 aromatic rings. The highest BCUT2D eigenvalue weighted by atomic mass is 32.1. The van der Waals surface area contributed by atoms with Crippen LogP contribution < -0.4 is 0 Å². The summed E-state index contributed by atoms with van der Waals surface area (Å²) in [5.41, 5.74) is 4.08. The average Bonchev–Trinajstić information content (AvgIpc) is 3.54. The molecule has 1 aliphatic rings. The van der Waals surface area contributed by atoms with E-state index in [0.29, 0.717) is 5.56 Å². The minimum Gasteiger partial charge on any atom is -0.205 e. The van der Waals surface area contributed by atoms with Gasteiger partial charge in [0.15, 0.2) is 0 Å². The fraction of sp³-hybridized carbons (Fsp3) is 0.125. The van der Waals surface area contributed by atoms with Gasteiger partial charge in [0.25, 0.3) is 0 Å². The maximum Gasteiger partial charge on any atom is 0.143 e. The van der Waals surface area contributed by atoms with E-state index in [1.807, 2.05) is 24.3 Å². The molecule has 0 unspecified atom stereocenters. The molecule has 0 saturated heterocycles. The highest BCUT2D eigenvalue weighted by Crippen LogP contribution is 2.40. The molecule has 28 heavy (non-hydrogen) atoms. The van der Waals surface area contributed by atoms with Gasteiger partial charge in [-0.1, -0.05) is 48.2 Å². The van der Waals surface area contributed by atoms with Crippen molar-refractivity contribution < 1.29 is 8.78 Å². The third-order valence-electron chi connectivity index (χ3n) is 4.71. The lowest BCUT2D eigenvalue weighted by Gasteiger charge is -2.04. The van der Waals surface area contributed by atoms with Gasteiger partial charge < -0.3 is 0 Å². The van der Waals surface area contributed by atoms with Crippen molar-refractivity contribution in [2.45, 2.75) is 18.8 Å². The number of rotatable bonds is 3. The first-order valence-electron chi connectivity index (χ1n) is 8.93. The predicted octanol–water partition coefficient (Wildman–Crippen LogP) is 6.64. The summed E-state index contributed by atoms with van der Waals surface area (Å²) in [4.78, 5) is 3.58. The molecular weight excluding hydrogens is 372 g/mol. The fourth-order valence-corrected chi connectivity index (χ4v) is 3.15. The van der Waals surface area contributed by atoms with E-state index in [1.165, 1.54) is 18.4 Å². The summed E-state index contributed by atoms with van der Waals surface area (Å²) in [6, 6.07) is 18.4. The number of thiocarbonyl (C=S) groups is 1. The molecule has 1 saturated carbocycles. The maximum absolute atomic E-state index is 14.1. The highest BCUT2D eigenvalue weighted by molar-refractivity contribution is 7.78. The van der Waals surface area contributed by atoms with Crippen LogP contribution in [-0.4, -0.2) is 5.16 Å². The van der Waals surface area contributed by atoms with Crippen molar-refractivity contribution in [3.8, 4) is 23.0 Å². The molecule has 4 rings (SSSR count). The Hall–Kier alpha value is -3.12. The zero-order valence-corrected chi connectivity index (χ0v) is 15.7. The van der Waals surface area contributed by atoms with Crippen molar-refractivity contribution in [3.05, 3.63) is 89.0 Å². The lowest BCUT2D eigenvalue weighted by atomic mass is 10.0. The van der Waals surface area contributed by atoms with Crippen LogP contribution >= 0.6 is 12.2 Å². The third kappa shape index (κ3) is 4.07. The number of nitrogens with zero attached hydrogens (tertiary/aromatic N) is 1. The largest absolute Gasteiger partial charge is 0.205 e. The number of hydrogen-bond acceptors (Lipinski definition) is 2. The van der Waals surface area contributed by atoms with E-state index < -0.39 is 11.6 Å². The van der Waals surface area contributed by atoms with E-state index >= 15 is 0 Å². The zero-order chi connectivity index (χ0) is 19.5. The second-order valence-electron chi connectivity index (χ2n) is 6.71. The van der Waals surface area contributed by atoms with Gasteiger partial charge in [-0.15, -0.1) is 0 Å². The van der Waals surface area contributed by atoms with Gasteiger partial charge in [-0.2, -0.15) is 4.99 Å². The van der Waals surface area contributed by atoms with E-state index in [0.717, 1.165) is 29.2 Å². The summed E-state index contributed by atoms with van der Waals surface area (Å²) in [6.45, 7) is 0. The van der Waals surface area contributed by atoms with Gasteiger partial charge in [0, 0.05) is 17.7 Å². The fourth-order valence-electron chi connectivity index (χ4n) is 3.04. The maximum atomic E-state index is 14.1. The Labute approximate surface area is 167 Å². The molecule has 136 valence electrons. The Morgan fingerprint density at radius 2 is 1.39 bits per heavy atom. The Bertz CT molecular complexity index is 1100. The number of aliphatic imine (C=N–C) groups is 1. The zero-order valence-electron chi connectivity index (χ0n) is 14.9. The predicted molar refractivity (Wildman–Crippen MR) is 111 cm³/mol. The van der Waals surface area contributed by atoms with Gasteiger partial charge in [-0.25, -0.2) is 8.78 Å². The molecule has 0 radical (unpaired) electrons. The number of benzene rings is 3. The van der Waals surface area contributed by atoms with Crippen LogP contribution in [-0.2, 0) is 0 Å². The summed E-state index contributed by atoms with van der Waals surface area (Å²) in [6.07, 6.45) is 2.58. The van der Waals surface area contributed by atoms with Crippen LogP contribution in [0.25, 0.3) is 11.1 Å². The topological polar surface area (TPSA) is 12.4 Å². The first-order chi connectivity index (χ1) is 13.6. The van der Waals surface area contributed by atoms with Crippen LogP contribution in [0, 0.1) is 23.5 Å². The molecule has 0 N–H and O–H groups in total. The van der Waals surface area contributed by atoms with Gasteiger partial charge in [0.2, 0.25) is 0 Å². The lowest BCUT2D eigenvalue weighted by molar-refractivity contribution is 0.578. The second kappa shape index (κ2) is 7.86. The number of hydrogen-bond donors (Lipinski definition) is 0. The SMILES string of the molecule is Fc1cc(N=C=S)cc(F)c1C#Cc1ccc(-c2ccc(C3CC3)cc2)cc1. The van der Waals surface area contributed by atoms with E-state index in [4.69, 9.17) is 0 Å². The third-order valence-corrected chi connectivity index (χ3v) is 4.80. The summed E-state index contributed by atoms with van der Waals surface area (Å²) >= 11 is 4.45. The molecule has 0 atom stereocenters. The highest BCUT2D eigenvalue weighted by Gasteiger charge is 2.22. The van der Waals surface area contributed by atoms with Crippen molar-refractivity contribution in [1.82, 2.24) is 0 Å². The standard InChI is InChI=1S/C24H15F2NS/c25-23-13-21(27-15-28)14-24(26)22(23)12-3-16-1-4-17(5-2-16)18-6-8-19(9-7-18)20-10-11-20/h1-2,4-9,13-14,20H,10-11H2. The quantitative estimate of drug-likeness (QED) is 0.279. The van der Waals surface area contributed by atoms with E-state index in [2.05, 4.69) is 58.5 Å². The molecule has 0 aliphatic heterocycles. The molecular formula is C24H15F2NS. The van der Waals surface area contributed by atoms with Gasteiger partial charge in [-0.05, 0) is 59.8 Å². The Balaban J connectivity index is 1.55. The molecule has 0 bridgehead atoms. The monoisotopic (exact) mass is 387 g/mol. The van der Waals surface area contributed by atoms with Crippen molar-refractivity contribution in [1.29, 1.82) is 0 Å². The van der Waals surface area contributed by atoms with Crippen LogP contribution in [0.1, 0.15) is 35.4 Å². The van der Waals surface area contributed by atoms with Crippen LogP contribution in [0.4, 0.5) is 14.5 Å². The minimum absolute atomic E-state index is 0.0765. The lowest BCUT2D eigenvalue weighted by Crippen LogP contribution is -1.90. The molecule has 4 heteroatoms. The second-order valence-corrected chi connectivity index (χ2v) is 6.89. The van der Waals surface area contributed by atoms with Crippen molar-refractivity contribution in [2.24, 2.45) is 4.99 Å². The summed E-state index contributed by atoms with van der Waals surface area (Å²) in [7, 11) is 0. The van der Waals surface area contributed by atoms with Crippen LogP contribution in [0.15, 0.2) is 65.7 Å². The summed E-state index contributed by atoms with van der Waals surface area (Å²) in [5, 5.41) is 2.08. The van der Waals surface area contributed by atoms with Crippen LogP contribution in [0.2, 0.25) is 0 Å². The Morgan fingerprint density at radius 1 is 0.821 bits per heavy atom. The average molecular weight is 387 g/mol. The Morgan fingerprint density at radius 3 is 1.93 bits per heavy atom. The van der Waals surface area contributed by atoms with Crippen molar-refractivity contribution in [2.75, 3.05) is 0 Å². The first-order valence-corrected chi connectivity index (χ1v) is 9.34. The summed E-state index contributed by atoms with van der Waals surface area (Å²) in [5.74, 6) is 4.56. The molecule has 3 aromatic carbocycles. The first kappa shape index (κ1) is 18.3. The molecule has 0 amide bonds. The molecule has 1 fully saturated rings. The van der Waals surface area contributed by atoms with Gasteiger partial charge in [0.05, 0.1) is 16.4 Å². The number of isothiocyanates is 1. The van der Waals surface area contributed by atoms with Gasteiger partial charge in [-0.3, -0.25) is 0 Å². The van der Waals surface area contributed by atoms with E-state index in [9.17, 15) is 8.78 Å². The molecule has 1 aliphatic carbocycles. The smallest absolute Gasteiger partial charge is 0.143 e. The number of halogens is 2. The molecule has 0 spiro atoms. The van der Waals surface area contributed by atoms with Crippen molar-refractivity contribution >= 4 is 23.1 Å².